The zero-order valence-electron chi connectivity index (χ0n) is 8.81. The van der Waals surface area contributed by atoms with Crippen LogP contribution in [0, 0.1) is 13.5 Å². The predicted molar refractivity (Wildman–Crippen MR) is 63.6 cm³/mol. The Kier molecular flexibility index (Phi) is 2.93. The second-order valence-corrected chi connectivity index (χ2v) is 3.93. The van der Waals surface area contributed by atoms with E-state index in [2.05, 4.69) is 9.94 Å². The molecule has 0 unspecified atom stereocenters. The first-order chi connectivity index (χ1) is 7.70. The third-order valence-corrected chi connectivity index (χ3v) is 2.57. The van der Waals surface area contributed by atoms with Crippen molar-refractivity contribution in [2.45, 2.75) is 13.5 Å². The molecule has 0 aliphatic carbocycles. The van der Waals surface area contributed by atoms with Gasteiger partial charge in [-0.3, -0.25) is 0 Å². The van der Waals surface area contributed by atoms with Crippen molar-refractivity contribution in [3.05, 3.63) is 58.2 Å². The van der Waals surface area contributed by atoms with Crippen molar-refractivity contribution in [2.24, 2.45) is 0 Å². The van der Waals surface area contributed by atoms with E-state index in [4.69, 9.17) is 18.2 Å². The molecule has 0 spiro atoms. The Morgan fingerprint density at radius 2 is 2.06 bits per heavy atom. The standard InChI is InChI=1S/C12H10ClN3/c1-9-8-16(15-12(9)7-14-2)11-5-3-10(13)4-6-11/h3-6,8H,7H2,1H3. The van der Waals surface area contributed by atoms with Crippen LogP contribution in [-0.4, -0.2) is 9.78 Å². The van der Waals surface area contributed by atoms with Crippen LogP contribution in [0.3, 0.4) is 0 Å². The fourth-order valence-corrected chi connectivity index (χ4v) is 1.58. The smallest absolute Gasteiger partial charge is 0.258 e. The Morgan fingerprint density at radius 3 is 2.69 bits per heavy atom. The number of hydrogen-bond acceptors (Lipinski definition) is 1. The van der Waals surface area contributed by atoms with Gasteiger partial charge >= 0.3 is 0 Å². The van der Waals surface area contributed by atoms with E-state index in [9.17, 15) is 0 Å². The minimum absolute atomic E-state index is 0.326. The lowest BCUT2D eigenvalue weighted by Gasteiger charge is -1.99. The van der Waals surface area contributed by atoms with Gasteiger partial charge in [-0.1, -0.05) is 11.6 Å². The molecule has 0 aliphatic heterocycles. The first-order valence-corrected chi connectivity index (χ1v) is 5.23. The zero-order chi connectivity index (χ0) is 11.5. The average Bonchev–Trinajstić information content (AvgIpc) is 2.62. The molecular weight excluding hydrogens is 222 g/mol. The van der Waals surface area contributed by atoms with Gasteiger partial charge < -0.3 is 4.85 Å². The van der Waals surface area contributed by atoms with E-state index in [0.29, 0.717) is 11.6 Å². The van der Waals surface area contributed by atoms with Gasteiger partial charge in [0.25, 0.3) is 6.54 Å². The Bertz CT molecular complexity index is 534. The van der Waals surface area contributed by atoms with Crippen LogP contribution in [0.1, 0.15) is 11.3 Å². The molecule has 0 amide bonds. The third-order valence-electron chi connectivity index (χ3n) is 2.32. The predicted octanol–water partition coefficient (Wildman–Crippen LogP) is 3.25. The highest BCUT2D eigenvalue weighted by Crippen LogP contribution is 2.15. The van der Waals surface area contributed by atoms with Gasteiger partial charge in [0.2, 0.25) is 0 Å². The topological polar surface area (TPSA) is 22.2 Å². The van der Waals surface area contributed by atoms with Gasteiger partial charge in [0.05, 0.1) is 5.69 Å². The van der Waals surface area contributed by atoms with Crippen LogP contribution < -0.4 is 0 Å². The van der Waals surface area contributed by atoms with Gasteiger partial charge in [-0.25, -0.2) is 11.3 Å². The maximum atomic E-state index is 6.84. The highest BCUT2D eigenvalue weighted by atomic mass is 35.5. The van der Waals surface area contributed by atoms with E-state index >= 15 is 0 Å². The molecular formula is C12H10ClN3. The number of aryl methyl sites for hydroxylation is 1. The summed E-state index contributed by atoms with van der Waals surface area (Å²) in [6.07, 6.45) is 1.92. The molecule has 2 aromatic rings. The molecule has 80 valence electrons. The molecule has 0 radical (unpaired) electrons. The molecule has 1 heterocycles. The highest BCUT2D eigenvalue weighted by molar-refractivity contribution is 6.30. The van der Waals surface area contributed by atoms with Crippen LogP contribution in [0.15, 0.2) is 30.5 Å². The summed E-state index contributed by atoms with van der Waals surface area (Å²) in [4.78, 5) is 3.34. The van der Waals surface area contributed by atoms with Gasteiger partial charge in [0.15, 0.2) is 0 Å². The van der Waals surface area contributed by atoms with Crippen LogP contribution in [0.2, 0.25) is 5.02 Å². The summed E-state index contributed by atoms with van der Waals surface area (Å²) in [6.45, 7) is 9.12. The van der Waals surface area contributed by atoms with Gasteiger partial charge in [-0.15, -0.1) is 0 Å². The molecule has 0 fully saturated rings. The summed E-state index contributed by atoms with van der Waals surface area (Å²) in [6, 6.07) is 7.44. The fourth-order valence-electron chi connectivity index (χ4n) is 1.45. The number of nitrogens with zero attached hydrogens (tertiary/aromatic N) is 3. The van der Waals surface area contributed by atoms with E-state index in [1.807, 2.05) is 37.4 Å². The largest absolute Gasteiger partial charge is 0.310 e. The molecule has 4 heteroatoms. The monoisotopic (exact) mass is 231 g/mol. The summed E-state index contributed by atoms with van der Waals surface area (Å²) >= 11 is 5.82. The van der Waals surface area contributed by atoms with Gasteiger partial charge in [0.1, 0.15) is 5.69 Å². The lowest BCUT2D eigenvalue weighted by molar-refractivity contribution is 0.851. The first kappa shape index (κ1) is 10.7. The number of hydrogen-bond donors (Lipinski definition) is 0. The average molecular weight is 232 g/mol. The molecule has 0 atom stereocenters. The molecule has 1 aromatic heterocycles. The Labute approximate surface area is 99.1 Å². The fraction of sp³-hybridized carbons (Fsp3) is 0.167. The molecule has 0 N–H and O–H groups in total. The summed E-state index contributed by atoms with van der Waals surface area (Å²) in [7, 11) is 0. The van der Waals surface area contributed by atoms with Crippen LogP contribution in [0.4, 0.5) is 0 Å². The van der Waals surface area contributed by atoms with Crippen molar-refractivity contribution in [3.63, 3.8) is 0 Å². The molecule has 2 rings (SSSR count). The number of rotatable bonds is 2. The van der Waals surface area contributed by atoms with Crippen molar-refractivity contribution >= 4 is 11.6 Å². The zero-order valence-corrected chi connectivity index (χ0v) is 9.57. The normalized spacial score (nSPS) is 10.1. The molecule has 1 aromatic carbocycles. The SMILES string of the molecule is [C-]#[N+]Cc1nn(-c2ccc(Cl)cc2)cc1C. The van der Waals surface area contributed by atoms with Crippen molar-refractivity contribution < 1.29 is 0 Å². The third kappa shape index (κ3) is 2.07. The summed E-state index contributed by atoms with van der Waals surface area (Å²) in [5, 5.41) is 5.06. The van der Waals surface area contributed by atoms with Crippen molar-refractivity contribution in [1.82, 2.24) is 9.78 Å². The van der Waals surface area contributed by atoms with E-state index in [-0.39, 0.29) is 0 Å². The molecule has 3 nitrogen and oxygen atoms in total. The second kappa shape index (κ2) is 4.38. The van der Waals surface area contributed by atoms with Crippen LogP contribution in [0.25, 0.3) is 10.5 Å². The van der Waals surface area contributed by atoms with Crippen molar-refractivity contribution in [2.75, 3.05) is 0 Å². The van der Waals surface area contributed by atoms with Gasteiger partial charge in [-0.05, 0) is 36.8 Å². The Balaban J connectivity index is 2.38. The molecule has 0 bridgehead atoms. The van der Waals surface area contributed by atoms with E-state index in [1.165, 1.54) is 0 Å². The molecule has 0 aliphatic rings. The number of halogens is 1. The van der Waals surface area contributed by atoms with Crippen LogP contribution >= 0.6 is 11.6 Å². The number of benzene rings is 1. The van der Waals surface area contributed by atoms with Gasteiger partial charge in [0, 0.05) is 11.2 Å². The summed E-state index contributed by atoms with van der Waals surface area (Å²) in [5.41, 5.74) is 2.81. The quantitative estimate of drug-likeness (QED) is 0.728. The molecule has 16 heavy (non-hydrogen) atoms. The lowest BCUT2D eigenvalue weighted by Crippen LogP contribution is -1.95. The lowest BCUT2D eigenvalue weighted by atomic mass is 10.3. The van der Waals surface area contributed by atoms with Crippen LogP contribution in [0.5, 0.6) is 0 Å². The molecule has 0 saturated heterocycles. The highest BCUT2D eigenvalue weighted by Gasteiger charge is 2.07. The van der Waals surface area contributed by atoms with E-state index in [1.54, 1.807) is 4.68 Å². The van der Waals surface area contributed by atoms with E-state index < -0.39 is 0 Å². The Hall–Kier alpha value is -1.79. The van der Waals surface area contributed by atoms with E-state index in [0.717, 1.165) is 16.9 Å². The van der Waals surface area contributed by atoms with Crippen molar-refractivity contribution in [3.8, 4) is 5.69 Å². The Morgan fingerprint density at radius 1 is 1.38 bits per heavy atom. The maximum absolute atomic E-state index is 6.84. The minimum atomic E-state index is 0.326. The van der Waals surface area contributed by atoms with Crippen molar-refractivity contribution in [1.29, 1.82) is 0 Å². The summed E-state index contributed by atoms with van der Waals surface area (Å²) in [5.74, 6) is 0. The summed E-state index contributed by atoms with van der Waals surface area (Å²) < 4.78 is 1.77. The maximum Gasteiger partial charge on any atom is 0.258 e. The van der Waals surface area contributed by atoms with Gasteiger partial charge in [-0.2, -0.15) is 5.10 Å². The number of aromatic nitrogens is 2. The van der Waals surface area contributed by atoms with Crippen LogP contribution in [-0.2, 0) is 6.54 Å². The second-order valence-electron chi connectivity index (χ2n) is 3.50. The minimum Gasteiger partial charge on any atom is -0.310 e. The molecule has 0 saturated carbocycles. The first-order valence-electron chi connectivity index (χ1n) is 4.85.